The summed E-state index contributed by atoms with van der Waals surface area (Å²) < 4.78 is 10.4. The molecule has 0 spiro atoms. The summed E-state index contributed by atoms with van der Waals surface area (Å²) in [4.78, 5) is 43.7. The molecule has 1 heterocycles. The zero-order chi connectivity index (χ0) is 25.7. The van der Waals surface area contributed by atoms with Crippen molar-refractivity contribution in [2.45, 2.75) is 25.9 Å². The zero-order valence-corrected chi connectivity index (χ0v) is 20.5. The highest BCUT2D eigenvalue weighted by atomic mass is 32.2. The molecule has 2 aromatic carbocycles. The van der Waals surface area contributed by atoms with Crippen molar-refractivity contribution < 1.29 is 29.0 Å². The summed E-state index contributed by atoms with van der Waals surface area (Å²) in [6, 6.07) is 10.2. The Morgan fingerprint density at radius 1 is 1.14 bits per heavy atom. The first-order valence-corrected chi connectivity index (χ1v) is 11.4. The predicted octanol–water partition coefficient (Wildman–Crippen LogP) is 2.39. The summed E-state index contributed by atoms with van der Waals surface area (Å²) in [6.07, 6.45) is 1.59. The first-order valence-electron chi connectivity index (χ1n) is 10.6. The molecule has 0 bridgehead atoms. The molecule has 0 aromatic heterocycles. The van der Waals surface area contributed by atoms with Gasteiger partial charge in [0.15, 0.2) is 16.7 Å². The minimum absolute atomic E-state index is 0.163. The van der Waals surface area contributed by atoms with Crippen LogP contribution in [0.3, 0.4) is 0 Å². The fourth-order valence-electron chi connectivity index (χ4n) is 3.19. The largest absolute Gasteiger partial charge is 0.502 e. The van der Waals surface area contributed by atoms with E-state index in [9.17, 15) is 19.5 Å². The highest BCUT2D eigenvalue weighted by Crippen LogP contribution is 2.40. The molecule has 1 aliphatic rings. The first kappa shape index (κ1) is 25.6. The van der Waals surface area contributed by atoms with Crippen LogP contribution in [0.1, 0.15) is 19.4 Å². The van der Waals surface area contributed by atoms with Crippen molar-refractivity contribution in [1.29, 1.82) is 0 Å². The van der Waals surface area contributed by atoms with Gasteiger partial charge in [-0.05, 0) is 61.5 Å². The van der Waals surface area contributed by atoms with Gasteiger partial charge < -0.3 is 25.6 Å². The summed E-state index contributed by atoms with van der Waals surface area (Å²) in [5, 5.41) is 13.0. The molecule has 0 aliphatic carbocycles. The molecule has 4 N–H and O–H groups in total. The summed E-state index contributed by atoms with van der Waals surface area (Å²) in [6.45, 7) is 3.00. The van der Waals surface area contributed by atoms with E-state index in [4.69, 9.17) is 15.2 Å². The van der Waals surface area contributed by atoms with Crippen LogP contribution >= 0.6 is 11.8 Å². The summed E-state index contributed by atoms with van der Waals surface area (Å²) >= 11 is 1.09. The van der Waals surface area contributed by atoms with E-state index >= 15 is 0 Å². The van der Waals surface area contributed by atoms with E-state index in [0.29, 0.717) is 16.4 Å². The van der Waals surface area contributed by atoms with Gasteiger partial charge in [-0.15, -0.1) is 0 Å². The number of hydrogen-bond donors (Lipinski definition) is 3. The zero-order valence-electron chi connectivity index (χ0n) is 19.6. The van der Waals surface area contributed by atoms with Crippen molar-refractivity contribution in [3.8, 4) is 17.2 Å². The van der Waals surface area contributed by atoms with Crippen LogP contribution in [-0.4, -0.2) is 59.2 Å². The summed E-state index contributed by atoms with van der Waals surface area (Å²) in [5.74, 6) is -1.51. The van der Waals surface area contributed by atoms with Crippen LogP contribution < -0.4 is 20.5 Å². The topological polar surface area (TPSA) is 144 Å². The molecule has 0 unspecified atom stereocenters. The number of phenols is 1. The lowest BCUT2D eigenvalue weighted by Gasteiger charge is -2.24. The molecule has 1 saturated heterocycles. The Morgan fingerprint density at radius 2 is 1.74 bits per heavy atom. The quantitative estimate of drug-likeness (QED) is 0.474. The second-order valence-corrected chi connectivity index (χ2v) is 8.61. The van der Waals surface area contributed by atoms with Crippen LogP contribution in [-0.2, 0) is 14.4 Å². The minimum Gasteiger partial charge on any atom is -0.502 e. The Kier molecular flexibility index (Phi) is 8.02. The lowest BCUT2D eigenvalue weighted by atomic mass is 10.1. The number of nitrogens with two attached hydrogens (primary N) is 1. The Balaban J connectivity index is 2.02. The molecule has 1 fully saturated rings. The minimum atomic E-state index is -0.978. The van der Waals surface area contributed by atoms with E-state index in [0.717, 1.165) is 11.8 Å². The van der Waals surface area contributed by atoms with Crippen molar-refractivity contribution in [1.82, 2.24) is 10.2 Å². The molecular formula is C24H26N4O6S. The van der Waals surface area contributed by atoms with Gasteiger partial charge in [-0.1, -0.05) is 18.2 Å². The number of hydrogen-bond acceptors (Lipinski definition) is 8. The molecule has 0 saturated carbocycles. The number of thioether (sulfide) groups is 1. The van der Waals surface area contributed by atoms with Crippen LogP contribution in [0.25, 0.3) is 6.08 Å². The lowest BCUT2D eigenvalue weighted by molar-refractivity contribution is -0.133. The highest BCUT2D eigenvalue weighted by molar-refractivity contribution is 8.18. The molecule has 184 valence electrons. The number of nitrogens with one attached hydrogen (secondary N) is 1. The lowest BCUT2D eigenvalue weighted by Crippen LogP contribution is -2.52. The molecule has 0 radical (unpaired) electrons. The van der Waals surface area contributed by atoms with Gasteiger partial charge in [-0.2, -0.15) is 0 Å². The van der Waals surface area contributed by atoms with Gasteiger partial charge >= 0.3 is 0 Å². The van der Waals surface area contributed by atoms with E-state index < -0.39 is 29.8 Å². The number of phenolic OH excluding ortho intramolecular Hbond substituents is 1. The number of ether oxygens (including phenoxy) is 2. The number of carbonyl (C=O) groups excluding carboxylic acids is 3. The van der Waals surface area contributed by atoms with Crippen molar-refractivity contribution >= 4 is 46.4 Å². The number of aliphatic imine (C=N–C) groups is 1. The van der Waals surface area contributed by atoms with Crippen LogP contribution in [0.2, 0.25) is 0 Å². The number of methoxy groups -OCH3 is 2. The summed E-state index contributed by atoms with van der Waals surface area (Å²) in [7, 11) is 2.81. The number of benzene rings is 2. The predicted molar refractivity (Wildman–Crippen MR) is 133 cm³/mol. The maximum absolute atomic E-state index is 13.4. The molecule has 2 aromatic rings. The SMILES string of the molecule is COc1cc(/C=C2\S/C(=N\c3ccccc3)N([C@@H](C)C(=O)N[C@@H](C)C(N)=O)C2=O)cc(OC)c1O. The smallest absolute Gasteiger partial charge is 0.267 e. The maximum Gasteiger partial charge on any atom is 0.267 e. The fraction of sp³-hybridized carbons (Fsp3) is 0.250. The monoisotopic (exact) mass is 498 g/mol. The Morgan fingerprint density at radius 3 is 2.29 bits per heavy atom. The van der Waals surface area contributed by atoms with Gasteiger partial charge in [-0.25, -0.2) is 4.99 Å². The molecule has 11 heteroatoms. The number of nitrogens with zero attached hydrogens (tertiary/aromatic N) is 2. The fourth-order valence-corrected chi connectivity index (χ4v) is 4.26. The Bertz CT molecular complexity index is 1170. The number of carbonyl (C=O) groups is 3. The molecular weight excluding hydrogens is 472 g/mol. The van der Waals surface area contributed by atoms with Gasteiger partial charge in [0.25, 0.3) is 5.91 Å². The first-order chi connectivity index (χ1) is 16.7. The number of primary amides is 1. The Hall–Kier alpha value is -3.99. The van der Waals surface area contributed by atoms with Crippen LogP contribution in [0.4, 0.5) is 5.69 Å². The average Bonchev–Trinajstić information content (AvgIpc) is 3.13. The number of rotatable bonds is 8. The molecule has 3 rings (SSSR count). The van der Waals surface area contributed by atoms with Crippen LogP contribution in [0.15, 0.2) is 52.4 Å². The molecule has 35 heavy (non-hydrogen) atoms. The van der Waals surface area contributed by atoms with Gasteiger partial charge in [0.2, 0.25) is 17.6 Å². The van der Waals surface area contributed by atoms with E-state index in [1.807, 2.05) is 18.2 Å². The standard InChI is InChI=1S/C24H26N4O6S/c1-13(21(25)30)26-22(31)14(2)28-23(32)19(35-24(28)27-16-8-6-5-7-9-16)12-15-10-17(33-3)20(29)18(11-15)34-4/h5-14,29H,1-4H3,(H2,25,30)(H,26,31)/b19-12-,27-24-/t13-,14-/m0/s1. The van der Waals surface area contributed by atoms with Crippen molar-refractivity contribution in [3.63, 3.8) is 0 Å². The Labute approximate surface area is 206 Å². The average molecular weight is 499 g/mol. The number of para-hydroxylation sites is 1. The van der Waals surface area contributed by atoms with Crippen molar-refractivity contribution in [2.24, 2.45) is 10.7 Å². The van der Waals surface area contributed by atoms with Gasteiger partial charge in [0, 0.05) is 0 Å². The van der Waals surface area contributed by atoms with Gasteiger partial charge in [-0.3, -0.25) is 19.3 Å². The summed E-state index contributed by atoms with van der Waals surface area (Å²) in [5.41, 5.74) is 6.38. The maximum atomic E-state index is 13.4. The van der Waals surface area contributed by atoms with Gasteiger partial charge in [0.1, 0.15) is 12.1 Å². The molecule has 2 atom stereocenters. The second kappa shape index (κ2) is 11.0. The molecule has 1 aliphatic heterocycles. The van der Waals surface area contributed by atoms with Gasteiger partial charge in [0.05, 0.1) is 24.8 Å². The number of amidine groups is 1. The molecule has 3 amide bonds. The third-order valence-electron chi connectivity index (χ3n) is 5.17. The third-order valence-corrected chi connectivity index (χ3v) is 6.15. The van der Waals surface area contributed by atoms with E-state index in [-0.39, 0.29) is 22.2 Å². The van der Waals surface area contributed by atoms with Crippen LogP contribution in [0, 0.1) is 0 Å². The normalized spacial score (nSPS) is 17.4. The van der Waals surface area contributed by atoms with Crippen LogP contribution in [0.5, 0.6) is 17.2 Å². The second-order valence-electron chi connectivity index (χ2n) is 7.60. The van der Waals surface area contributed by atoms with E-state index in [1.165, 1.54) is 33.0 Å². The third kappa shape index (κ3) is 5.75. The number of amides is 3. The molecule has 10 nitrogen and oxygen atoms in total. The van der Waals surface area contributed by atoms with E-state index in [2.05, 4.69) is 10.3 Å². The van der Waals surface area contributed by atoms with Crippen molar-refractivity contribution in [2.75, 3.05) is 14.2 Å². The number of aromatic hydroxyl groups is 1. The van der Waals surface area contributed by atoms with E-state index in [1.54, 1.807) is 30.3 Å². The van der Waals surface area contributed by atoms with Crippen molar-refractivity contribution in [3.05, 3.63) is 52.9 Å². The highest BCUT2D eigenvalue weighted by Gasteiger charge is 2.40.